The molecule has 1 aromatic rings. The van der Waals surface area contributed by atoms with Crippen LogP contribution in [0, 0.1) is 0 Å². The molecule has 1 rings (SSSR count). The summed E-state index contributed by atoms with van der Waals surface area (Å²) < 4.78 is 1.80. The Morgan fingerprint density at radius 2 is 2.29 bits per heavy atom. The lowest BCUT2D eigenvalue weighted by Crippen LogP contribution is -2.36. The first-order chi connectivity index (χ1) is 8.19. The van der Waals surface area contributed by atoms with Crippen molar-refractivity contribution in [2.75, 3.05) is 0 Å². The van der Waals surface area contributed by atoms with Crippen molar-refractivity contribution >= 4 is 5.97 Å². The number of carboxylic acids is 1. The number of hydrogen-bond acceptors (Lipinski definition) is 4. The molecule has 0 spiro atoms. The first-order valence-electron chi connectivity index (χ1n) is 6.01. The third-order valence-electron chi connectivity index (χ3n) is 2.51. The van der Waals surface area contributed by atoms with Crippen molar-refractivity contribution in [3.05, 3.63) is 12.2 Å². The van der Waals surface area contributed by atoms with Gasteiger partial charge in [-0.2, -0.15) is 5.10 Å². The van der Waals surface area contributed by atoms with Gasteiger partial charge >= 0.3 is 5.97 Å². The standard InChI is InChI=1S/C11H20N4O2/c1-3-5-9(11(16)17)12-7-10-13-8-14-15(10)6-4-2/h8-9,12H,3-7H2,1-2H3,(H,16,17). The van der Waals surface area contributed by atoms with Crippen molar-refractivity contribution in [1.29, 1.82) is 0 Å². The summed E-state index contributed by atoms with van der Waals surface area (Å²) in [5, 5.41) is 16.1. The van der Waals surface area contributed by atoms with Gasteiger partial charge in [-0.3, -0.25) is 10.1 Å². The van der Waals surface area contributed by atoms with Crippen LogP contribution in [0.5, 0.6) is 0 Å². The molecule has 0 aliphatic heterocycles. The van der Waals surface area contributed by atoms with Crippen LogP contribution < -0.4 is 5.32 Å². The molecule has 0 aromatic carbocycles. The minimum absolute atomic E-state index is 0.441. The van der Waals surface area contributed by atoms with Crippen LogP contribution in [0.2, 0.25) is 0 Å². The maximum atomic E-state index is 11.0. The molecular weight excluding hydrogens is 220 g/mol. The number of aliphatic carboxylic acids is 1. The number of aryl methyl sites for hydroxylation is 1. The molecule has 0 aliphatic rings. The maximum Gasteiger partial charge on any atom is 0.320 e. The van der Waals surface area contributed by atoms with E-state index in [1.807, 2.05) is 6.92 Å². The highest BCUT2D eigenvalue weighted by atomic mass is 16.4. The number of nitrogens with zero attached hydrogens (tertiary/aromatic N) is 3. The Hall–Kier alpha value is -1.43. The van der Waals surface area contributed by atoms with Crippen molar-refractivity contribution in [2.45, 2.75) is 52.2 Å². The van der Waals surface area contributed by atoms with E-state index in [0.717, 1.165) is 25.2 Å². The second-order valence-corrected chi connectivity index (χ2v) is 3.96. The molecule has 1 unspecified atom stereocenters. The van der Waals surface area contributed by atoms with Crippen molar-refractivity contribution < 1.29 is 9.90 Å². The molecule has 0 fully saturated rings. The average molecular weight is 240 g/mol. The molecule has 1 aromatic heterocycles. The van der Waals surface area contributed by atoms with Gasteiger partial charge in [-0.1, -0.05) is 20.3 Å². The molecule has 6 nitrogen and oxygen atoms in total. The Morgan fingerprint density at radius 1 is 1.53 bits per heavy atom. The summed E-state index contributed by atoms with van der Waals surface area (Å²) in [6.07, 6.45) is 3.94. The second-order valence-electron chi connectivity index (χ2n) is 3.96. The summed E-state index contributed by atoms with van der Waals surface area (Å²) in [6, 6.07) is -0.508. The molecule has 0 bridgehead atoms. The van der Waals surface area contributed by atoms with Crippen molar-refractivity contribution in [1.82, 2.24) is 20.1 Å². The van der Waals surface area contributed by atoms with Crippen LogP contribution in [-0.2, 0) is 17.9 Å². The maximum absolute atomic E-state index is 11.0. The van der Waals surface area contributed by atoms with E-state index >= 15 is 0 Å². The van der Waals surface area contributed by atoms with Gasteiger partial charge in [-0.15, -0.1) is 0 Å². The number of aromatic nitrogens is 3. The van der Waals surface area contributed by atoms with Gasteiger partial charge in [0, 0.05) is 6.54 Å². The molecule has 0 amide bonds. The van der Waals surface area contributed by atoms with Gasteiger partial charge in [0.05, 0.1) is 6.54 Å². The molecule has 0 aliphatic carbocycles. The lowest BCUT2D eigenvalue weighted by atomic mass is 10.2. The zero-order chi connectivity index (χ0) is 12.7. The van der Waals surface area contributed by atoms with Gasteiger partial charge in [0.15, 0.2) is 0 Å². The van der Waals surface area contributed by atoms with E-state index in [4.69, 9.17) is 5.11 Å². The number of rotatable bonds is 8. The van der Waals surface area contributed by atoms with Crippen LogP contribution in [0.25, 0.3) is 0 Å². The Bertz CT molecular complexity index is 351. The number of nitrogens with one attached hydrogen (secondary N) is 1. The normalized spacial score (nSPS) is 12.6. The quantitative estimate of drug-likeness (QED) is 0.709. The molecule has 0 radical (unpaired) electrons. The molecule has 96 valence electrons. The first kappa shape index (κ1) is 13.6. The molecule has 17 heavy (non-hydrogen) atoms. The van der Waals surface area contributed by atoms with Gasteiger partial charge in [0.25, 0.3) is 0 Å². The fourth-order valence-electron chi connectivity index (χ4n) is 1.64. The van der Waals surface area contributed by atoms with E-state index < -0.39 is 12.0 Å². The molecule has 1 atom stereocenters. The number of carboxylic acid groups (broad SMARTS) is 1. The summed E-state index contributed by atoms with van der Waals surface area (Å²) in [4.78, 5) is 15.1. The third kappa shape index (κ3) is 4.14. The van der Waals surface area contributed by atoms with Gasteiger partial charge in [0.2, 0.25) is 0 Å². The minimum Gasteiger partial charge on any atom is -0.480 e. The van der Waals surface area contributed by atoms with E-state index in [9.17, 15) is 4.79 Å². The fourth-order valence-corrected chi connectivity index (χ4v) is 1.64. The summed E-state index contributed by atoms with van der Waals surface area (Å²) >= 11 is 0. The number of carbonyl (C=O) groups is 1. The summed E-state index contributed by atoms with van der Waals surface area (Å²) in [7, 11) is 0. The SMILES string of the molecule is CCCC(NCc1ncnn1CCC)C(=O)O. The summed E-state index contributed by atoms with van der Waals surface area (Å²) in [5.74, 6) is -0.0254. The Kier molecular flexibility index (Phi) is 5.62. The van der Waals surface area contributed by atoms with E-state index in [0.29, 0.717) is 13.0 Å². The van der Waals surface area contributed by atoms with Gasteiger partial charge < -0.3 is 5.11 Å². The molecule has 1 heterocycles. The van der Waals surface area contributed by atoms with Crippen LogP contribution >= 0.6 is 0 Å². The monoisotopic (exact) mass is 240 g/mol. The summed E-state index contributed by atoms with van der Waals surface area (Å²) in [6.45, 7) is 5.28. The highest BCUT2D eigenvalue weighted by molar-refractivity contribution is 5.73. The van der Waals surface area contributed by atoms with Gasteiger partial charge in [0.1, 0.15) is 18.2 Å². The lowest BCUT2D eigenvalue weighted by Gasteiger charge is -2.13. The Labute approximate surface area is 101 Å². The minimum atomic E-state index is -0.812. The van der Waals surface area contributed by atoms with E-state index in [1.165, 1.54) is 6.33 Å². The van der Waals surface area contributed by atoms with E-state index in [-0.39, 0.29) is 0 Å². The van der Waals surface area contributed by atoms with Crippen molar-refractivity contribution in [3.8, 4) is 0 Å². The predicted molar refractivity (Wildman–Crippen MR) is 63.5 cm³/mol. The summed E-state index contributed by atoms with van der Waals surface area (Å²) in [5.41, 5.74) is 0. The second kappa shape index (κ2) is 7.01. The topological polar surface area (TPSA) is 80.0 Å². The highest BCUT2D eigenvalue weighted by Crippen LogP contribution is 2.00. The van der Waals surface area contributed by atoms with E-state index in [2.05, 4.69) is 22.3 Å². The number of hydrogen-bond donors (Lipinski definition) is 2. The highest BCUT2D eigenvalue weighted by Gasteiger charge is 2.16. The zero-order valence-electron chi connectivity index (χ0n) is 10.4. The van der Waals surface area contributed by atoms with Crippen LogP contribution in [0.1, 0.15) is 38.9 Å². The van der Waals surface area contributed by atoms with Crippen LogP contribution in [0.15, 0.2) is 6.33 Å². The molecule has 0 saturated carbocycles. The van der Waals surface area contributed by atoms with Crippen LogP contribution in [-0.4, -0.2) is 31.9 Å². The smallest absolute Gasteiger partial charge is 0.320 e. The average Bonchev–Trinajstić information content (AvgIpc) is 2.72. The fraction of sp³-hybridized carbons (Fsp3) is 0.727. The van der Waals surface area contributed by atoms with Crippen LogP contribution in [0.3, 0.4) is 0 Å². The molecule has 6 heteroatoms. The van der Waals surface area contributed by atoms with Crippen molar-refractivity contribution in [2.24, 2.45) is 0 Å². The van der Waals surface area contributed by atoms with Gasteiger partial charge in [-0.05, 0) is 12.8 Å². The van der Waals surface area contributed by atoms with Gasteiger partial charge in [-0.25, -0.2) is 9.67 Å². The molecular formula is C11H20N4O2. The molecule has 2 N–H and O–H groups in total. The lowest BCUT2D eigenvalue weighted by molar-refractivity contribution is -0.139. The van der Waals surface area contributed by atoms with E-state index in [1.54, 1.807) is 4.68 Å². The molecule has 0 saturated heterocycles. The predicted octanol–water partition coefficient (Wildman–Crippen LogP) is 1.03. The van der Waals surface area contributed by atoms with Crippen molar-refractivity contribution in [3.63, 3.8) is 0 Å². The first-order valence-corrected chi connectivity index (χ1v) is 6.01. The largest absolute Gasteiger partial charge is 0.480 e. The Balaban J connectivity index is 2.52. The zero-order valence-corrected chi connectivity index (χ0v) is 10.4. The van der Waals surface area contributed by atoms with Crippen LogP contribution in [0.4, 0.5) is 0 Å². The third-order valence-corrected chi connectivity index (χ3v) is 2.51. The Morgan fingerprint density at radius 3 is 2.88 bits per heavy atom.